The highest BCUT2D eigenvalue weighted by Crippen LogP contribution is 2.43. The molecule has 0 saturated carbocycles. The molecule has 0 amide bonds. The van der Waals surface area contributed by atoms with Crippen molar-refractivity contribution < 1.29 is 31.8 Å². The SMILES string of the molecule is O=c1c(Oc2ccccc2)c(C(F)(F)F)oc2c3c(ccc12)OCO3. The van der Waals surface area contributed by atoms with Crippen molar-refractivity contribution in [3.63, 3.8) is 0 Å². The molecule has 0 saturated heterocycles. The highest BCUT2D eigenvalue weighted by atomic mass is 19.4. The Hall–Kier alpha value is -3.16. The van der Waals surface area contributed by atoms with Gasteiger partial charge >= 0.3 is 6.18 Å². The summed E-state index contributed by atoms with van der Waals surface area (Å²) in [5.41, 5.74) is -1.27. The van der Waals surface area contributed by atoms with Gasteiger partial charge in [-0.1, -0.05) is 18.2 Å². The first-order chi connectivity index (χ1) is 11.9. The monoisotopic (exact) mass is 350 g/mol. The average molecular weight is 350 g/mol. The Bertz CT molecular complexity index is 1010. The standard InChI is InChI=1S/C17H9F3O5/c18-17(19,20)16-15(24-9-4-2-1-3-5-9)12(21)10-6-7-11-14(13(10)25-16)23-8-22-11/h1-7H,8H2. The van der Waals surface area contributed by atoms with Crippen LogP contribution < -0.4 is 19.6 Å². The molecule has 25 heavy (non-hydrogen) atoms. The maximum absolute atomic E-state index is 13.4. The lowest BCUT2D eigenvalue weighted by atomic mass is 10.1. The summed E-state index contributed by atoms with van der Waals surface area (Å²) in [5.74, 6) is -2.20. The number of ether oxygens (including phenoxy) is 3. The van der Waals surface area contributed by atoms with Crippen LogP contribution in [0.1, 0.15) is 5.76 Å². The quantitative estimate of drug-likeness (QED) is 0.688. The van der Waals surface area contributed by atoms with Crippen LogP contribution in [-0.4, -0.2) is 6.79 Å². The molecular weight excluding hydrogens is 341 g/mol. The molecule has 1 aliphatic heterocycles. The van der Waals surface area contributed by atoms with Gasteiger partial charge in [-0.05, 0) is 24.3 Å². The Morgan fingerprint density at radius 3 is 2.48 bits per heavy atom. The van der Waals surface area contributed by atoms with Crippen molar-refractivity contribution in [3.05, 3.63) is 58.4 Å². The number of rotatable bonds is 2. The molecule has 0 bridgehead atoms. The van der Waals surface area contributed by atoms with Gasteiger partial charge in [-0.25, -0.2) is 0 Å². The molecule has 2 heterocycles. The van der Waals surface area contributed by atoms with Gasteiger partial charge in [0.2, 0.25) is 23.7 Å². The summed E-state index contributed by atoms with van der Waals surface area (Å²) < 4.78 is 60.7. The second kappa shape index (κ2) is 5.44. The minimum atomic E-state index is -4.93. The molecule has 2 aromatic carbocycles. The number of para-hydroxylation sites is 1. The summed E-state index contributed by atoms with van der Waals surface area (Å²) in [6.45, 7) is -0.165. The third kappa shape index (κ3) is 2.55. The van der Waals surface area contributed by atoms with Gasteiger partial charge in [-0.15, -0.1) is 0 Å². The van der Waals surface area contributed by atoms with Crippen molar-refractivity contribution in [2.24, 2.45) is 0 Å². The largest absolute Gasteiger partial charge is 0.453 e. The van der Waals surface area contributed by atoms with Crippen LogP contribution in [0.3, 0.4) is 0 Å². The Labute approximate surface area is 138 Å². The molecule has 0 spiro atoms. The summed E-state index contributed by atoms with van der Waals surface area (Å²) in [5, 5.41) is -0.0943. The van der Waals surface area contributed by atoms with Crippen molar-refractivity contribution in [2.45, 2.75) is 6.18 Å². The smallest absolute Gasteiger partial charge is 0.453 e. The van der Waals surface area contributed by atoms with Crippen LogP contribution in [0.25, 0.3) is 11.0 Å². The van der Waals surface area contributed by atoms with Crippen molar-refractivity contribution in [1.29, 1.82) is 0 Å². The fourth-order valence-electron chi connectivity index (χ4n) is 2.49. The van der Waals surface area contributed by atoms with Crippen LogP contribution >= 0.6 is 0 Å². The Morgan fingerprint density at radius 1 is 1.00 bits per heavy atom. The molecule has 1 aromatic heterocycles. The van der Waals surface area contributed by atoms with E-state index in [1.807, 2.05) is 0 Å². The van der Waals surface area contributed by atoms with Crippen LogP contribution in [-0.2, 0) is 6.18 Å². The second-order valence-corrected chi connectivity index (χ2v) is 5.18. The van der Waals surface area contributed by atoms with Gasteiger partial charge < -0.3 is 18.6 Å². The van der Waals surface area contributed by atoms with Crippen molar-refractivity contribution in [1.82, 2.24) is 0 Å². The number of fused-ring (bicyclic) bond motifs is 3. The van der Waals surface area contributed by atoms with Gasteiger partial charge in [0, 0.05) is 0 Å². The minimum absolute atomic E-state index is 0.0358. The van der Waals surface area contributed by atoms with E-state index in [9.17, 15) is 18.0 Å². The Balaban J connectivity index is 1.99. The molecule has 1 aliphatic rings. The van der Waals surface area contributed by atoms with Crippen molar-refractivity contribution in [3.8, 4) is 23.0 Å². The lowest BCUT2D eigenvalue weighted by Gasteiger charge is -2.13. The summed E-state index contributed by atoms with van der Waals surface area (Å²) in [4.78, 5) is 12.6. The van der Waals surface area contributed by atoms with E-state index >= 15 is 0 Å². The van der Waals surface area contributed by atoms with Crippen LogP contribution in [0.15, 0.2) is 51.7 Å². The molecule has 0 unspecified atom stereocenters. The molecule has 0 fully saturated rings. The van der Waals surface area contributed by atoms with Crippen molar-refractivity contribution >= 4 is 11.0 Å². The molecule has 0 atom stereocenters. The van der Waals surface area contributed by atoms with E-state index in [2.05, 4.69) is 0 Å². The van der Waals surface area contributed by atoms with Crippen LogP contribution in [0.5, 0.6) is 23.0 Å². The van der Waals surface area contributed by atoms with Gasteiger partial charge in [0.05, 0.1) is 5.39 Å². The Kier molecular flexibility index (Phi) is 3.34. The lowest BCUT2D eigenvalue weighted by Crippen LogP contribution is -2.15. The molecule has 3 aromatic rings. The predicted octanol–water partition coefficient (Wildman–Crippen LogP) is 4.33. The second-order valence-electron chi connectivity index (χ2n) is 5.18. The van der Waals surface area contributed by atoms with E-state index in [4.69, 9.17) is 18.6 Å². The molecular formula is C17H9F3O5. The van der Waals surface area contributed by atoms with Gasteiger partial charge in [0.15, 0.2) is 11.3 Å². The molecule has 0 N–H and O–H groups in total. The van der Waals surface area contributed by atoms with Crippen LogP contribution in [0, 0.1) is 0 Å². The van der Waals surface area contributed by atoms with Gasteiger partial charge in [0.25, 0.3) is 5.76 Å². The van der Waals surface area contributed by atoms with Gasteiger partial charge in [-0.2, -0.15) is 13.2 Å². The third-order valence-corrected chi connectivity index (χ3v) is 3.58. The Morgan fingerprint density at radius 2 is 1.76 bits per heavy atom. The predicted molar refractivity (Wildman–Crippen MR) is 80.1 cm³/mol. The fourth-order valence-corrected chi connectivity index (χ4v) is 2.49. The first-order valence-electron chi connectivity index (χ1n) is 7.14. The number of hydrogen-bond acceptors (Lipinski definition) is 5. The number of halogens is 3. The number of hydrogen-bond donors (Lipinski definition) is 0. The lowest BCUT2D eigenvalue weighted by molar-refractivity contribution is -0.154. The minimum Gasteiger partial charge on any atom is -0.453 e. The van der Waals surface area contributed by atoms with Crippen LogP contribution in [0.4, 0.5) is 13.2 Å². The third-order valence-electron chi connectivity index (χ3n) is 3.58. The summed E-state index contributed by atoms with van der Waals surface area (Å²) in [6.07, 6.45) is -4.93. The fraction of sp³-hybridized carbons (Fsp3) is 0.118. The molecule has 8 heteroatoms. The first-order valence-corrected chi connectivity index (χ1v) is 7.14. The maximum Gasteiger partial charge on any atom is 0.453 e. The zero-order valence-corrected chi connectivity index (χ0v) is 12.4. The first kappa shape index (κ1) is 15.4. The molecule has 5 nitrogen and oxygen atoms in total. The molecule has 0 radical (unpaired) electrons. The molecule has 4 rings (SSSR count). The highest BCUT2D eigenvalue weighted by Gasteiger charge is 2.41. The molecule has 128 valence electrons. The van der Waals surface area contributed by atoms with Crippen LogP contribution in [0.2, 0.25) is 0 Å². The summed E-state index contributed by atoms with van der Waals surface area (Å²) >= 11 is 0. The summed E-state index contributed by atoms with van der Waals surface area (Å²) in [7, 11) is 0. The van der Waals surface area contributed by atoms with Gasteiger partial charge in [-0.3, -0.25) is 4.79 Å². The van der Waals surface area contributed by atoms with E-state index < -0.39 is 23.1 Å². The van der Waals surface area contributed by atoms with Crippen molar-refractivity contribution in [2.75, 3.05) is 6.79 Å². The van der Waals surface area contributed by atoms with E-state index in [0.717, 1.165) is 0 Å². The average Bonchev–Trinajstić information content (AvgIpc) is 3.06. The highest BCUT2D eigenvalue weighted by molar-refractivity contribution is 5.87. The van der Waals surface area contributed by atoms with E-state index in [-0.39, 0.29) is 35.0 Å². The summed E-state index contributed by atoms with van der Waals surface area (Å²) in [6, 6.07) is 10.4. The number of alkyl halides is 3. The zero-order valence-electron chi connectivity index (χ0n) is 12.4. The van der Waals surface area contributed by atoms with E-state index in [1.165, 1.54) is 24.3 Å². The van der Waals surface area contributed by atoms with Gasteiger partial charge in [0.1, 0.15) is 5.75 Å². The number of benzene rings is 2. The topological polar surface area (TPSA) is 57.9 Å². The maximum atomic E-state index is 13.4. The van der Waals surface area contributed by atoms with E-state index in [1.54, 1.807) is 18.2 Å². The van der Waals surface area contributed by atoms with E-state index in [0.29, 0.717) is 0 Å². The normalized spacial score (nSPS) is 13.2. The zero-order chi connectivity index (χ0) is 17.6. The molecule has 0 aliphatic carbocycles.